The van der Waals surface area contributed by atoms with Crippen molar-refractivity contribution in [2.24, 2.45) is 0 Å². The van der Waals surface area contributed by atoms with Gasteiger partial charge in [-0.05, 0) is 49.2 Å². The van der Waals surface area contributed by atoms with Gasteiger partial charge in [0.15, 0.2) is 26.3 Å². The standard InChI is InChI=1S/C30H27F5N6O4S/c1-5-17-10-11-36-28(46(4,44)45)25(17)41-27-18(26(38-29(41)43)40-13-12-39(15-16(40)3)22(42)6-2)14-21(32)24(37-27)23-19(30(33,34)35)8-7-9-20(23)31/h6-11,14,16H,2,5,12-13,15H2,1,3-4H3/t16-/m0/s1. The number of piperazine rings is 1. The monoisotopic (exact) mass is 662 g/mol. The van der Waals surface area contributed by atoms with Gasteiger partial charge in [-0.25, -0.2) is 36.5 Å². The zero-order valence-corrected chi connectivity index (χ0v) is 25.6. The lowest BCUT2D eigenvalue weighted by molar-refractivity contribution is -0.137. The Morgan fingerprint density at radius 2 is 1.85 bits per heavy atom. The summed E-state index contributed by atoms with van der Waals surface area (Å²) in [6.45, 7) is 7.31. The number of hydrogen-bond donors (Lipinski definition) is 0. The summed E-state index contributed by atoms with van der Waals surface area (Å²) >= 11 is 0. The lowest BCUT2D eigenvalue weighted by Gasteiger charge is -2.40. The third-order valence-electron chi connectivity index (χ3n) is 7.67. The van der Waals surface area contributed by atoms with E-state index in [-0.39, 0.29) is 54.4 Å². The molecule has 1 atom stereocenters. The predicted octanol–water partition coefficient (Wildman–Crippen LogP) is 4.33. The topological polar surface area (TPSA) is 118 Å². The van der Waals surface area contributed by atoms with Crippen LogP contribution in [0.2, 0.25) is 0 Å². The van der Waals surface area contributed by atoms with Crippen LogP contribution in [0.1, 0.15) is 25.0 Å². The van der Waals surface area contributed by atoms with Crippen LogP contribution in [0.3, 0.4) is 0 Å². The Balaban J connectivity index is 1.91. The summed E-state index contributed by atoms with van der Waals surface area (Å²) in [5, 5.41) is -0.726. The molecule has 0 saturated carbocycles. The molecular weight excluding hydrogens is 635 g/mol. The van der Waals surface area contributed by atoms with E-state index in [1.54, 1.807) is 18.7 Å². The van der Waals surface area contributed by atoms with Crippen LogP contribution < -0.4 is 10.6 Å². The molecule has 1 amide bonds. The molecule has 1 saturated heterocycles. The summed E-state index contributed by atoms with van der Waals surface area (Å²) in [5.41, 5.74) is -5.32. The van der Waals surface area contributed by atoms with E-state index < -0.39 is 66.9 Å². The Bertz CT molecular complexity index is 2070. The first-order valence-electron chi connectivity index (χ1n) is 13.9. The molecular formula is C30H27F5N6O4S. The Hall–Kier alpha value is -4.73. The summed E-state index contributed by atoms with van der Waals surface area (Å²) in [6.07, 6.45) is -1.72. The van der Waals surface area contributed by atoms with Crippen LogP contribution in [0.5, 0.6) is 0 Å². The van der Waals surface area contributed by atoms with Crippen molar-refractivity contribution in [3.8, 4) is 16.9 Å². The first-order chi connectivity index (χ1) is 21.6. The number of halogens is 5. The fourth-order valence-corrected chi connectivity index (χ4v) is 6.40. The number of sulfone groups is 1. The predicted molar refractivity (Wildman–Crippen MR) is 159 cm³/mol. The van der Waals surface area contributed by atoms with Crippen molar-refractivity contribution >= 4 is 32.6 Å². The van der Waals surface area contributed by atoms with Gasteiger partial charge in [-0.1, -0.05) is 19.6 Å². The summed E-state index contributed by atoms with van der Waals surface area (Å²) < 4.78 is 99.6. The Morgan fingerprint density at radius 1 is 1.13 bits per heavy atom. The largest absolute Gasteiger partial charge is 0.417 e. The number of aryl methyl sites for hydroxylation is 1. The number of carbonyl (C=O) groups is 1. The van der Waals surface area contributed by atoms with E-state index in [9.17, 15) is 31.2 Å². The normalized spacial score (nSPS) is 15.8. The second-order valence-electron chi connectivity index (χ2n) is 10.7. The maximum atomic E-state index is 16.0. The van der Waals surface area contributed by atoms with Crippen molar-refractivity contribution in [3.63, 3.8) is 0 Å². The fraction of sp³-hybridized carbons (Fsp3) is 0.300. The van der Waals surface area contributed by atoms with E-state index in [1.807, 2.05) is 0 Å². The van der Waals surface area contributed by atoms with E-state index in [1.165, 1.54) is 17.2 Å². The van der Waals surface area contributed by atoms with Crippen LogP contribution in [0.25, 0.3) is 28.0 Å². The van der Waals surface area contributed by atoms with E-state index in [0.717, 1.165) is 29.0 Å². The van der Waals surface area contributed by atoms with Gasteiger partial charge in [-0.2, -0.15) is 18.2 Å². The van der Waals surface area contributed by atoms with Gasteiger partial charge in [0.1, 0.15) is 17.3 Å². The number of anilines is 1. The van der Waals surface area contributed by atoms with Gasteiger partial charge < -0.3 is 9.80 Å². The van der Waals surface area contributed by atoms with Gasteiger partial charge >= 0.3 is 11.9 Å². The quantitative estimate of drug-likeness (QED) is 0.221. The van der Waals surface area contributed by atoms with E-state index >= 15 is 8.78 Å². The minimum atomic E-state index is -5.11. The average molecular weight is 663 g/mol. The number of nitrogens with zero attached hydrogens (tertiary/aromatic N) is 6. The van der Waals surface area contributed by atoms with E-state index in [2.05, 4.69) is 21.5 Å². The number of rotatable bonds is 6. The molecule has 1 aromatic carbocycles. The first-order valence-corrected chi connectivity index (χ1v) is 15.8. The number of aromatic nitrogens is 4. The molecule has 1 aliphatic heterocycles. The SMILES string of the molecule is C=CC(=O)N1CCN(c2nc(=O)n(-c3c(CC)ccnc3S(C)(=O)=O)c3nc(-c4c(F)cccc4C(F)(F)F)c(F)cc23)[C@@H](C)C1. The zero-order chi connectivity index (χ0) is 33.7. The lowest BCUT2D eigenvalue weighted by Crippen LogP contribution is -2.54. The molecule has 0 spiro atoms. The molecule has 4 heterocycles. The minimum absolute atomic E-state index is 0.111. The van der Waals surface area contributed by atoms with Crippen molar-refractivity contribution in [2.45, 2.75) is 37.5 Å². The molecule has 0 bridgehead atoms. The van der Waals surface area contributed by atoms with Crippen LogP contribution in [-0.2, 0) is 27.2 Å². The highest BCUT2D eigenvalue weighted by molar-refractivity contribution is 7.90. The zero-order valence-electron chi connectivity index (χ0n) is 24.8. The molecule has 5 rings (SSSR count). The van der Waals surface area contributed by atoms with E-state index in [0.29, 0.717) is 12.1 Å². The van der Waals surface area contributed by atoms with Gasteiger partial charge in [0.25, 0.3) is 0 Å². The molecule has 10 nitrogen and oxygen atoms in total. The highest BCUT2D eigenvalue weighted by Gasteiger charge is 2.37. The molecule has 4 aromatic rings. The molecule has 1 fully saturated rings. The summed E-state index contributed by atoms with van der Waals surface area (Å²) in [7, 11) is -4.12. The lowest BCUT2D eigenvalue weighted by atomic mass is 10.0. The van der Waals surface area contributed by atoms with Crippen molar-refractivity contribution in [1.29, 1.82) is 0 Å². The number of alkyl halides is 3. The molecule has 0 unspecified atom stereocenters. The number of pyridine rings is 2. The molecule has 46 heavy (non-hydrogen) atoms. The van der Waals surface area contributed by atoms with Crippen molar-refractivity contribution in [2.75, 3.05) is 30.8 Å². The Kier molecular flexibility index (Phi) is 8.44. The van der Waals surface area contributed by atoms with Crippen LogP contribution in [0.4, 0.5) is 27.8 Å². The van der Waals surface area contributed by atoms with E-state index in [4.69, 9.17) is 0 Å². The smallest absolute Gasteiger partial charge is 0.350 e. The molecule has 0 radical (unpaired) electrons. The maximum absolute atomic E-state index is 16.0. The van der Waals surface area contributed by atoms with Crippen molar-refractivity contribution in [1.82, 2.24) is 24.4 Å². The highest BCUT2D eigenvalue weighted by atomic mass is 32.2. The third-order valence-corrected chi connectivity index (χ3v) is 8.67. The Morgan fingerprint density at radius 3 is 2.46 bits per heavy atom. The van der Waals surface area contributed by atoms with Gasteiger partial charge in [-0.15, -0.1) is 0 Å². The number of carbonyl (C=O) groups excluding carboxylic acids is 1. The van der Waals surface area contributed by atoms with Crippen LogP contribution in [-0.4, -0.2) is 70.7 Å². The van der Waals surface area contributed by atoms with Crippen molar-refractivity contribution in [3.05, 3.63) is 82.4 Å². The number of amides is 1. The van der Waals surface area contributed by atoms with Gasteiger partial charge in [0, 0.05) is 38.1 Å². The first kappa shape index (κ1) is 32.7. The average Bonchev–Trinajstić information content (AvgIpc) is 2.99. The molecule has 0 N–H and O–H groups in total. The second-order valence-corrected chi connectivity index (χ2v) is 12.6. The number of benzene rings is 1. The van der Waals surface area contributed by atoms with Gasteiger partial charge in [0.05, 0.1) is 22.2 Å². The second kappa shape index (κ2) is 11.9. The summed E-state index contributed by atoms with van der Waals surface area (Å²) in [6, 6.07) is 3.84. The molecule has 0 aliphatic carbocycles. The fourth-order valence-electron chi connectivity index (χ4n) is 5.57. The molecule has 1 aliphatic rings. The number of fused-ring (bicyclic) bond motifs is 1. The van der Waals surface area contributed by atoms with Crippen LogP contribution in [0.15, 0.2) is 59.0 Å². The van der Waals surface area contributed by atoms with Crippen LogP contribution >= 0.6 is 0 Å². The van der Waals surface area contributed by atoms with Crippen LogP contribution in [0, 0.1) is 11.6 Å². The Labute approximate surface area is 259 Å². The van der Waals surface area contributed by atoms with Gasteiger partial charge in [-0.3, -0.25) is 4.79 Å². The highest BCUT2D eigenvalue weighted by Crippen LogP contribution is 2.40. The van der Waals surface area contributed by atoms with Gasteiger partial charge in [0.2, 0.25) is 5.91 Å². The van der Waals surface area contributed by atoms with Crippen molar-refractivity contribution < 1.29 is 35.2 Å². The minimum Gasteiger partial charge on any atom is -0.350 e. The summed E-state index contributed by atoms with van der Waals surface area (Å²) in [5.74, 6) is -3.22. The third kappa shape index (κ3) is 5.72. The molecule has 16 heteroatoms. The molecule has 242 valence electrons. The molecule has 3 aromatic heterocycles. The number of hydrogen-bond acceptors (Lipinski definition) is 8. The summed E-state index contributed by atoms with van der Waals surface area (Å²) in [4.78, 5) is 41.6. The maximum Gasteiger partial charge on any atom is 0.417 e.